The number of nitrogens with zero attached hydrogens (tertiary/aromatic N) is 2. The second kappa shape index (κ2) is 6.38. The summed E-state index contributed by atoms with van der Waals surface area (Å²) >= 11 is 0. The lowest BCUT2D eigenvalue weighted by molar-refractivity contribution is 0.0825. The van der Waals surface area contributed by atoms with Crippen molar-refractivity contribution < 1.29 is 19.7 Å². The predicted molar refractivity (Wildman–Crippen MR) is 68.0 cm³/mol. The van der Waals surface area contributed by atoms with Gasteiger partial charge >= 0.3 is 6.09 Å². The number of pyridine rings is 1. The van der Waals surface area contributed by atoms with Crippen molar-refractivity contribution in [1.82, 2.24) is 9.88 Å². The maximum atomic E-state index is 11.1. The Hall–Kier alpha value is -1.82. The second-order valence-electron chi connectivity index (χ2n) is 4.56. The van der Waals surface area contributed by atoms with Crippen LogP contribution in [0.1, 0.15) is 25.0 Å². The minimum absolute atomic E-state index is 0.120. The number of likely N-dealkylation sites (tertiary alicyclic amines) is 1. The van der Waals surface area contributed by atoms with Gasteiger partial charge in [0.2, 0.25) is 5.88 Å². The smallest absolute Gasteiger partial charge is 0.407 e. The molecule has 2 heterocycles. The summed E-state index contributed by atoms with van der Waals surface area (Å²) in [7, 11) is 0. The highest BCUT2D eigenvalue weighted by molar-refractivity contribution is 5.65. The topological polar surface area (TPSA) is 82.9 Å². The summed E-state index contributed by atoms with van der Waals surface area (Å²) in [6.07, 6.45) is 1.83. The standard InChI is InChI=1S/C13H18N2O4/c16-8-10-4-3-6-12(14-10)19-9-11-5-1-2-7-15(11)13(17)18/h3-4,6,11,16H,1-2,5,7-9H2,(H,17,18)/t11-/m0/s1. The molecule has 1 aromatic rings. The van der Waals surface area contributed by atoms with Crippen molar-refractivity contribution in [3.05, 3.63) is 23.9 Å². The van der Waals surface area contributed by atoms with E-state index in [-0.39, 0.29) is 12.6 Å². The Morgan fingerprint density at radius 2 is 2.32 bits per heavy atom. The number of aromatic nitrogens is 1. The van der Waals surface area contributed by atoms with Crippen LogP contribution in [0.5, 0.6) is 5.88 Å². The number of piperidine rings is 1. The number of carbonyl (C=O) groups is 1. The third-order valence-electron chi connectivity index (χ3n) is 3.24. The van der Waals surface area contributed by atoms with Crippen molar-refractivity contribution in [3.63, 3.8) is 0 Å². The highest BCUT2D eigenvalue weighted by atomic mass is 16.5. The van der Waals surface area contributed by atoms with Crippen LogP contribution >= 0.6 is 0 Å². The van der Waals surface area contributed by atoms with Crippen LogP contribution in [0, 0.1) is 0 Å². The molecule has 0 spiro atoms. The number of aliphatic hydroxyl groups is 1. The average molecular weight is 266 g/mol. The number of ether oxygens (including phenoxy) is 1. The first-order valence-electron chi connectivity index (χ1n) is 6.40. The molecule has 19 heavy (non-hydrogen) atoms. The molecular formula is C13H18N2O4. The van der Waals surface area contributed by atoms with Crippen molar-refractivity contribution in [3.8, 4) is 5.88 Å². The molecule has 2 N–H and O–H groups in total. The SMILES string of the molecule is O=C(O)N1CCCC[C@H]1COc1cccc(CO)n1. The molecular weight excluding hydrogens is 248 g/mol. The Labute approximate surface area is 111 Å². The number of hydrogen-bond donors (Lipinski definition) is 2. The molecule has 0 radical (unpaired) electrons. The third-order valence-corrected chi connectivity index (χ3v) is 3.24. The van der Waals surface area contributed by atoms with Crippen LogP contribution < -0.4 is 4.74 Å². The van der Waals surface area contributed by atoms with E-state index in [0.29, 0.717) is 24.7 Å². The molecule has 1 saturated heterocycles. The van der Waals surface area contributed by atoms with E-state index in [1.54, 1.807) is 18.2 Å². The second-order valence-corrected chi connectivity index (χ2v) is 4.56. The van der Waals surface area contributed by atoms with Crippen LogP contribution in [0.2, 0.25) is 0 Å². The minimum Gasteiger partial charge on any atom is -0.475 e. The van der Waals surface area contributed by atoms with Gasteiger partial charge in [-0.2, -0.15) is 0 Å². The third kappa shape index (κ3) is 3.57. The first-order chi connectivity index (χ1) is 9.20. The number of hydrogen-bond acceptors (Lipinski definition) is 4. The lowest BCUT2D eigenvalue weighted by Gasteiger charge is -2.33. The Bertz CT molecular complexity index is 438. The van der Waals surface area contributed by atoms with Gasteiger partial charge in [0, 0.05) is 12.6 Å². The van der Waals surface area contributed by atoms with Gasteiger partial charge < -0.3 is 19.8 Å². The summed E-state index contributed by atoms with van der Waals surface area (Å²) in [5.41, 5.74) is 0.538. The van der Waals surface area contributed by atoms with E-state index >= 15 is 0 Å². The van der Waals surface area contributed by atoms with E-state index in [4.69, 9.17) is 14.9 Å². The fourth-order valence-electron chi connectivity index (χ4n) is 2.23. The van der Waals surface area contributed by atoms with E-state index in [1.165, 1.54) is 4.90 Å². The van der Waals surface area contributed by atoms with Crippen LogP contribution in [-0.4, -0.2) is 45.4 Å². The average Bonchev–Trinajstić information content (AvgIpc) is 2.45. The van der Waals surface area contributed by atoms with Gasteiger partial charge in [-0.15, -0.1) is 0 Å². The zero-order chi connectivity index (χ0) is 13.7. The molecule has 1 atom stereocenters. The molecule has 0 aromatic carbocycles. The summed E-state index contributed by atoms with van der Waals surface area (Å²) < 4.78 is 5.54. The van der Waals surface area contributed by atoms with E-state index < -0.39 is 6.09 Å². The van der Waals surface area contributed by atoms with Crippen molar-refractivity contribution in [2.45, 2.75) is 31.9 Å². The van der Waals surface area contributed by atoms with Crippen LogP contribution in [0.25, 0.3) is 0 Å². The van der Waals surface area contributed by atoms with Gasteiger partial charge in [-0.3, -0.25) is 0 Å². The number of amides is 1. The molecule has 0 unspecified atom stereocenters. The summed E-state index contributed by atoms with van der Waals surface area (Å²) in [6.45, 7) is 0.726. The van der Waals surface area contributed by atoms with Crippen molar-refractivity contribution in [2.75, 3.05) is 13.2 Å². The summed E-state index contributed by atoms with van der Waals surface area (Å²) in [6, 6.07) is 5.04. The number of rotatable bonds is 4. The number of carboxylic acid groups (broad SMARTS) is 1. The van der Waals surface area contributed by atoms with Crippen LogP contribution in [0.3, 0.4) is 0 Å². The number of aliphatic hydroxyl groups excluding tert-OH is 1. The van der Waals surface area contributed by atoms with Gasteiger partial charge in [0.15, 0.2) is 0 Å². The molecule has 1 aliphatic rings. The maximum Gasteiger partial charge on any atom is 0.407 e. The van der Waals surface area contributed by atoms with Crippen molar-refractivity contribution in [1.29, 1.82) is 0 Å². The lowest BCUT2D eigenvalue weighted by atomic mass is 10.0. The Kier molecular flexibility index (Phi) is 4.57. The highest BCUT2D eigenvalue weighted by Gasteiger charge is 2.26. The van der Waals surface area contributed by atoms with Crippen molar-refractivity contribution >= 4 is 6.09 Å². The molecule has 0 aliphatic carbocycles. The maximum absolute atomic E-state index is 11.1. The normalized spacial score (nSPS) is 19.2. The lowest BCUT2D eigenvalue weighted by Crippen LogP contribution is -2.46. The largest absolute Gasteiger partial charge is 0.475 e. The molecule has 1 amide bonds. The Morgan fingerprint density at radius 3 is 3.05 bits per heavy atom. The molecule has 0 bridgehead atoms. The summed E-state index contributed by atoms with van der Waals surface area (Å²) in [5, 5.41) is 18.1. The monoisotopic (exact) mass is 266 g/mol. The highest BCUT2D eigenvalue weighted by Crippen LogP contribution is 2.18. The Morgan fingerprint density at radius 1 is 1.47 bits per heavy atom. The molecule has 6 nitrogen and oxygen atoms in total. The van der Waals surface area contributed by atoms with Gasteiger partial charge in [0.05, 0.1) is 18.3 Å². The Balaban J connectivity index is 1.94. The minimum atomic E-state index is -0.898. The first-order valence-corrected chi connectivity index (χ1v) is 6.40. The quantitative estimate of drug-likeness (QED) is 0.862. The molecule has 1 aromatic heterocycles. The molecule has 0 saturated carbocycles. The van der Waals surface area contributed by atoms with Gasteiger partial charge in [0.1, 0.15) is 6.61 Å². The van der Waals surface area contributed by atoms with E-state index in [9.17, 15) is 4.79 Å². The van der Waals surface area contributed by atoms with Crippen LogP contribution in [-0.2, 0) is 6.61 Å². The zero-order valence-electron chi connectivity index (χ0n) is 10.7. The summed E-state index contributed by atoms with van der Waals surface area (Å²) in [4.78, 5) is 16.6. The molecule has 1 aliphatic heterocycles. The molecule has 2 rings (SSSR count). The molecule has 1 fully saturated rings. The van der Waals surface area contributed by atoms with Gasteiger partial charge in [-0.1, -0.05) is 6.07 Å². The van der Waals surface area contributed by atoms with E-state index in [1.807, 2.05) is 0 Å². The van der Waals surface area contributed by atoms with Gasteiger partial charge in [-0.25, -0.2) is 9.78 Å². The van der Waals surface area contributed by atoms with Crippen LogP contribution in [0.15, 0.2) is 18.2 Å². The fraction of sp³-hybridized carbons (Fsp3) is 0.538. The van der Waals surface area contributed by atoms with Crippen LogP contribution in [0.4, 0.5) is 4.79 Å². The van der Waals surface area contributed by atoms with Crippen molar-refractivity contribution in [2.24, 2.45) is 0 Å². The van der Waals surface area contributed by atoms with Gasteiger partial charge in [-0.05, 0) is 25.3 Å². The predicted octanol–water partition coefficient (Wildman–Crippen LogP) is 1.49. The zero-order valence-corrected chi connectivity index (χ0v) is 10.7. The first kappa shape index (κ1) is 13.6. The molecule has 6 heteroatoms. The fourth-order valence-corrected chi connectivity index (χ4v) is 2.23. The van der Waals surface area contributed by atoms with E-state index in [2.05, 4.69) is 4.98 Å². The summed E-state index contributed by atoms with van der Waals surface area (Å²) in [5.74, 6) is 0.419. The van der Waals surface area contributed by atoms with E-state index in [0.717, 1.165) is 19.3 Å². The molecule has 104 valence electrons. The van der Waals surface area contributed by atoms with Gasteiger partial charge in [0.25, 0.3) is 0 Å².